The number of carbonyl (C=O) groups excluding carboxylic acids is 2. The van der Waals surface area contributed by atoms with E-state index in [1.165, 1.54) is 26.2 Å². The van der Waals surface area contributed by atoms with Crippen LogP contribution in [0.3, 0.4) is 0 Å². The van der Waals surface area contributed by atoms with Gasteiger partial charge in [0.15, 0.2) is 0 Å². The zero-order chi connectivity index (χ0) is 14.4. The van der Waals surface area contributed by atoms with Gasteiger partial charge in [0, 0.05) is 6.07 Å². The topological polar surface area (TPSA) is 84.9 Å². The van der Waals surface area contributed by atoms with E-state index < -0.39 is 17.9 Å². The number of carbonyl (C=O) groups is 2. The van der Waals surface area contributed by atoms with Crippen LogP contribution in [0.1, 0.15) is 24.2 Å². The molecule has 6 nitrogen and oxygen atoms in total. The van der Waals surface area contributed by atoms with Crippen LogP contribution < -0.4 is 10.1 Å². The second kappa shape index (κ2) is 6.63. The Kier molecular flexibility index (Phi) is 5.17. The van der Waals surface area contributed by atoms with Crippen molar-refractivity contribution in [2.24, 2.45) is 0 Å². The third-order valence-electron chi connectivity index (χ3n) is 2.44. The second-order valence-corrected chi connectivity index (χ2v) is 3.83. The molecule has 0 fully saturated rings. The number of methoxy groups -OCH3 is 1. The summed E-state index contributed by atoms with van der Waals surface area (Å²) in [5, 5.41) is 12.1. The third kappa shape index (κ3) is 3.87. The van der Waals surface area contributed by atoms with Gasteiger partial charge in [0.2, 0.25) is 0 Å². The quantitative estimate of drug-likeness (QED) is 0.780. The summed E-state index contributed by atoms with van der Waals surface area (Å²) < 4.78 is 9.69. The van der Waals surface area contributed by atoms with Gasteiger partial charge in [-0.3, -0.25) is 4.79 Å². The van der Waals surface area contributed by atoms with E-state index in [1.807, 2.05) is 0 Å². The van der Waals surface area contributed by atoms with Crippen LogP contribution in [0.5, 0.6) is 11.5 Å². The minimum atomic E-state index is -0.783. The highest BCUT2D eigenvalue weighted by Gasteiger charge is 2.19. The third-order valence-corrected chi connectivity index (χ3v) is 2.44. The highest BCUT2D eigenvalue weighted by Crippen LogP contribution is 2.23. The number of phenols is 1. The van der Waals surface area contributed by atoms with E-state index >= 15 is 0 Å². The van der Waals surface area contributed by atoms with Crippen LogP contribution in [-0.4, -0.2) is 36.7 Å². The van der Waals surface area contributed by atoms with Gasteiger partial charge < -0.3 is 19.9 Å². The zero-order valence-corrected chi connectivity index (χ0v) is 11.1. The standard InChI is InChI=1S/C13H17NO5/c1-4-19-13(17)8(2)14-12(16)10-6-5-9(18-3)7-11(10)15/h5-8,15H,4H2,1-3H3,(H,14,16). The molecule has 1 amide bonds. The summed E-state index contributed by atoms with van der Waals surface area (Å²) in [6, 6.07) is 3.50. The van der Waals surface area contributed by atoms with Crippen LogP contribution in [0.4, 0.5) is 0 Å². The van der Waals surface area contributed by atoms with Gasteiger partial charge in [0.05, 0.1) is 19.3 Å². The van der Waals surface area contributed by atoms with Gasteiger partial charge in [0.25, 0.3) is 5.91 Å². The molecular formula is C13H17NO5. The van der Waals surface area contributed by atoms with E-state index in [0.29, 0.717) is 5.75 Å². The van der Waals surface area contributed by atoms with Crippen molar-refractivity contribution in [1.82, 2.24) is 5.32 Å². The molecule has 0 aliphatic carbocycles. The van der Waals surface area contributed by atoms with Crippen LogP contribution in [0.15, 0.2) is 18.2 Å². The lowest BCUT2D eigenvalue weighted by Gasteiger charge is -2.13. The van der Waals surface area contributed by atoms with Crippen LogP contribution in [0.25, 0.3) is 0 Å². The summed E-state index contributed by atoms with van der Waals surface area (Å²) in [6.45, 7) is 3.44. The van der Waals surface area contributed by atoms with E-state index in [0.717, 1.165) is 0 Å². The van der Waals surface area contributed by atoms with Gasteiger partial charge in [-0.2, -0.15) is 0 Å². The molecule has 0 saturated carbocycles. The monoisotopic (exact) mass is 267 g/mol. The van der Waals surface area contributed by atoms with E-state index in [9.17, 15) is 14.7 Å². The summed E-state index contributed by atoms with van der Waals surface area (Å²) in [5.41, 5.74) is 0.0666. The number of amides is 1. The molecule has 1 atom stereocenters. The Balaban J connectivity index is 2.75. The van der Waals surface area contributed by atoms with Crippen LogP contribution in [0, 0.1) is 0 Å². The maximum atomic E-state index is 11.9. The van der Waals surface area contributed by atoms with Gasteiger partial charge in [0.1, 0.15) is 17.5 Å². The molecule has 1 aromatic carbocycles. The lowest BCUT2D eigenvalue weighted by molar-refractivity contribution is -0.144. The molecule has 0 radical (unpaired) electrons. The number of aromatic hydroxyl groups is 1. The lowest BCUT2D eigenvalue weighted by atomic mass is 10.1. The molecule has 0 aliphatic heterocycles. The Morgan fingerprint density at radius 1 is 1.42 bits per heavy atom. The predicted octanol–water partition coefficient (Wildman–Crippen LogP) is 1.08. The van der Waals surface area contributed by atoms with E-state index in [1.54, 1.807) is 13.0 Å². The Bertz CT molecular complexity index is 472. The molecule has 0 heterocycles. The highest BCUT2D eigenvalue weighted by atomic mass is 16.5. The van der Waals surface area contributed by atoms with Crippen molar-refractivity contribution in [3.8, 4) is 11.5 Å². The van der Waals surface area contributed by atoms with E-state index in [-0.39, 0.29) is 17.9 Å². The first-order chi connectivity index (χ1) is 8.99. The molecule has 0 bridgehead atoms. The number of benzene rings is 1. The number of rotatable bonds is 5. The first kappa shape index (κ1) is 14.8. The molecule has 1 unspecified atom stereocenters. The molecule has 1 aromatic rings. The molecule has 1 rings (SSSR count). The SMILES string of the molecule is CCOC(=O)C(C)NC(=O)c1ccc(OC)cc1O. The van der Waals surface area contributed by atoms with Crippen molar-refractivity contribution in [1.29, 1.82) is 0 Å². The van der Waals surface area contributed by atoms with Crippen molar-refractivity contribution in [2.75, 3.05) is 13.7 Å². The second-order valence-electron chi connectivity index (χ2n) is 3.83. The average Bonchev–Trinajstić information content (AvgIpc) is 2.38. The molecular weight excluding hydrogens is 250 g/mol. The Hall–Kier alpha value is -2.24. The molecule has 0 aromatic heterocycles. The fourth-order valence-electron chi connectivity index (χ4n) is 1.43. The maximum Gasteiger partial charge on any atom is 0.328 e. The van der Waals surface area contributed by atoms with Crippen LogP contribution >= 0.6 is 0 Å². The number of phenolic OH excluding ortho intramolecular Hbond substituents is 1. The first-order valence-corrected chi connectivity index (χ1v) is 5.84. The summed E-state index contributed by atoms with van der Waals surface area (Å²) in [6.07, 6.45) is 0. The smallest absolute Gasteiger partial charge is 0.328 e. The van der Waals surface area contributed by atoms with Gasteiger partial charge in [-0.1, -0.05) is 0 Å². The predicted molar refractivity (Wildman–Crippen MR) is 68.2 cm³/mol. The Morgan fingerprint density at radius 3 is 2.63 bits per heavy atom. The molecule has 0 spiro atoms. The normalized spacial score (nSPS) is 11.5. The minimum Gasteiger partial charge on any atom is -0.507 e. The summed E-state index contributed by atoms with van der Waals surface area (Å²) in [5.74, 6) is -0.857. The minimum absolute atomic E-state index is 0.0666. The molecule has 104 valence electrons. The average molecular weight is 267 g/mol. The van der Waals surface area contributed by atoms with Crippen molar-refractivity contribution in [3.05, 3.63) is 23.8 Å². The Labute approximate surface area is 111 Å². The summed E-state index contributed by atoms with van der Waals surface area (Å²) >= 11 is 0. The number of esters is 1. The molecule has 19 heavy (non-hydrogen) atoms. The number of nitrogens with one attached hydrogen (secondary N) is 1. The van der Waals surface area contributed by atoms with Crippen LogP contribution in [-0.2, 0) is 9.53 Å². The summed E-state index contributed by atoms with van der Waals surface area (Å²) in [7, 11) is 1.46. The molecule has 0 saturated heterocycles. The number of ether oxygens (including phenoxy) is 2. The van der Waals surface area contributed by atoms with Crippen molar-refractivity contribution in [3.63, 3.8) is 0 Å². The zero-order valence-electron chi connectivity index (χ0n) is 11.1. The maximum absolute atomic E-state index is 11.9. The number of hydrogen-bond donors (Lipinski definition) is 2. The van der Waals surface area contributed by atoms with Crippen molar-refractivity contribution >= 4 is 11.9 Å². The van der Waals surface area contributed by atoms with E-state index in [4.69, 9.17) is 9.47 Å². The van der Waals surface area contributed by atoms with Crippen molar-refractivity contribution < 1.29 is 24.2 Å². The first-order valence-electron chi connectivity index (χ1n) is 5.84. The molecule has 0 aliphatic rings. The van der Waals surface area contributed by atoms with Gasteiger partial charge in [-0.05, 0) is 26.0 Å². The number of hydrogen-bond acceptors (Lipinski definition) is 5. The van der Waals surface area contributed by atoms with Crippen LogP contribution in [0.2, 0.25) is 0 Å². The van der Waals surface area contributed by atoms with Crippen molar-refractivity contribution in [2.45, 2.75) is 19.9 Å². The molecule has 6 heteroatoms. The van der Waals surface area contributed by atoms with Gasteiger partial charge in [-0.25, -0.2) is 4.79 Å². The van der Waals surface area contributed by atoms with Gasteiger partial charge >= 0.3 is 5.97 Å². The lowest BCUT2D eigenvalue weighted by Crippen LogP contribution is -2.39. The van der Waals surface area contributed by atoms with E-state index in [2.05, 4.69) is 5.32 Å². The summed E-state index contributed by atoms with van der Waals surface area (Å²) in [4.78, 5) is 23.2. The highest BCUT2D eigenvalue weighted by molar-refractivity contribution is 5.99. The fourth-order valence-corrected chi connectivity index (χ4v) is 1.43. The largest absolute Gasteiger partial charge is 0.507 e. The molecule has 2 N–H and O–H groups in total. The fraction of sp³-hybridized carbons (Fsp3) is 0.385. The van der Waals surface area contributed by atoms with Gasteiger partial charge in [-0.15, -0.1) is 0 Å². The Morgan fingerprint density at radius 2 is 2.11 bits per heavy atom.